The highest BCUT2D eigenvalue weighted by Gasteiger charge is 2.00. The van der Waals surface area contributed by atoms with Crippen LogP contribution in [0.4, 0.5) is 0 Å². The van der Waals surface area contributed by atoms with Gasteiger partial charge in [0, 0.05) is 10.4 Å². The van der Waals surface area contributed by atoms with Crippen molar-refractivity contribution in [1.29, 1.82) is 5.41 Å². The predicted octanol–water partition coefficient (Wildman–Crippen LogP) is 2.59. The van der Waals surface area contributed by atoms with Crippen LogP contribution in [0.5, 0.6) is 0 Å². The molecule has 0 aliphatic heterocycles. The van der Waals surface area contributed by atoms with Crippen molar-refractivity contribution in [3.63, 3.8) is 0 Å². The van der Waals surface area contributed by atoms with E-state index in [9.17, 15) is 0 Å². The first-order chi connectivity index (χ1) is 6.66. The average Bonchev–Trinajstić information content (AvgIpc) is 2.16. The molecule has 0 aliphatic rings. The second kappa shape index (κ2) is 4.47. The second-order valence-electron chi connectivity index (χ2n) is 2.95. The van der Waals surface area contributed by atoms with Crippen molar-refractivity contribution in [2.24, 2.45) is 5.73 Å². The van der Waals surface area contributed by atoms with Gasteiger partial charge >= 0.3 is 0 Å². The van der Waals surface area contributed by atoms with Gasteiger partial charge in [-0.3, -0.25) is 5.41 Å². The molecule has 0 saturated heterocycles. The number of nitrogen functional groups attached to an aromatic ring is 1. The van der Waals surface area contributed by atoms with E-state index in [4.69, 9.17) is 22.7 Å². The highest BCUT2D eigenvalue weighted by atomic mass is 35.5. The van der Waals surface area contributed by atoms with E-state index in [2.05, 4.69) is 4.98 Å². The molecule has 78 valence electrons. The van der Waals surface area contributed by atoms with Crippen LogP contribution in [0.1, 0.15) is 5.69 Å². The number of fused-ring (bicyclic) bond motifs is 1. The monoisotopic (exact) mass is 241 g/mol. The molecule has 2 aromatic rings. The van der Waals surface area contributed by atoms with Gasteiger partial charge in [-0.25, -0.2) is 4.98 Å². The van der Waals surface area contributed by atoms with Gasteiger partial charge in [-0.2, -0.15) is 0 Å². The number of nitrogens with two attached hydrogens (primary N) is 1. The Kier molecular flexibility index (Phi) is 3.50. The number of hydrogen-bond donors (Lipinski definition) is 2. The summed E-state index contributed by atoms with van der Waals surface area (Å²) in [5, 5.41) is 8.86. The van der Waals surface area contributed by atoms with Crippen molar-refractivity contribution in [3.05, 3.63) is 41.0 Å². The molecule has 0 radical (unpaired) electrons. The number of halogens is 2. The van der Waals surface area contributed by atoms with Crippen molar-refractivity contribution in [3.8, 4) is 0 Å². The molecule has 0 amide bonds. The Morgan fingerprint density at radius 2 is 1.93 bits per heavy atom. The SMILES string of the molecule is Cl.N=C(N)c1ccc2ccc(Cl)cc2n1. The Labute approximate surface area is 98.2 Å². The zero-order valence-corrected chi connectivity index (χ0v) is 9.27. The summed E-state index contributed by atoms with van der Waals surface area (Å²) in [6, 6.07) is 9.03. The number of rotatable bonds is 1. The first-order valence-corrected chi connectivity index (χ1v) is 4.45. The maximum Gasteiger partial charge on any atom is 0.141 e. The number of aromatic nitrogens is 1. The third kappa shape index (κ3) is 2.37. The molecular weight excluding hydrogens is 233 g/mol. The minimum absolute atomic E-state index is 0. The van der Waals surface area contributed by atoms with Crippen LogP contribution in [-0.4, -0.2) is 10.8 Å². The summed E-state index contributed by atoms with van der Waals surface area (Å²) in [6.45, 7) is 0. The maximum absolute atomic E-state index is 7.25. The summed E-state index contributed by atoms with van der Waals surface area (Å²) in [5.74, 6) is -0.0353. The van der Waals surface area contributed by atoms with Crippen LogP contribution in [0.25, 0.3) is 10.9 Å². The van der Waals surface area contributed by atoms with Crippen molar-refractivity contribution >= 4 is 40.7 Å². The lowest BCUT2D eigenvalue weighted by atomic mass is 10.2. The number of amidine groups is 1. The summed E-state index contributed by atoms with van der Waals surface area (Å²) >= 11 is 5.83. The van der Waals surface area contributed by atoms with Crippen LogP contribution in [0.15, 0.2) is 30.3 Å². The van der Waals surface area contributed by atoms with E-state index in [0.29, 0.717) is 10.7 Å². The van der Waals surface area contributed by atoms with Gasteiger partial charge in [0.1, 0.15) is 11.5 Å². The number of hydrogen-bond acceptors (Lipinski definition) is 2. The first-order valence-electron chi connectivity index (χ1n) is 4.07. The van der Waals surface area contributed by atoms with Crippen molar-refractivity contribution < 1.29 is 0 Å². The average molecular weight is 242 g/mol. The van der Waals surface area contributed by atoms with E-state index in [0.717, 1.165) is 10.9 Å². The summed E-state index contributed by atoms with van der Waals surface area (Å²) in [5.41, 5.74) is 6.56. The molecule has 0 spiro atoms. The molecule has 3 nitrogen and oxygen atoms in total. The van der Waals surface area contributed by atoms with Gasteiger partial charge in [0.05, 0.1) is 5.52 Å². The minimum Gasteiger partial charge on any atom is -0.382 e. The number of nitrogens with one attached hydrogen (secondary N) is 1. The fraction of sp³-hybridized carbons (Fsp3) is 0. The zero-order valence-electron chi connectivity index (χ0n) is 7.70. The Bertz CT molecular complexity index is 511. The number of nitrogens with zero attached hydrogens (tertiary/aromatic N) is 1. The van der Waals surface area contributed by atoms with E-state index in [1.54, 1.807) is 18.2 Å². The maximum atomic E-state index is 7.25. The van der Waals surface area contributed by atoms with E-state index in [1.807, 2.05) is 12.1 Å². The Morgan fingerprint density at radius 3 is 2.60 bits per heavy atom. The van der Waals surface area contributed by atoms with Crippen LogP contribution in [0.3, 0.4) is 0 Å². The number of benzene rings is 1. The summed E-state index contributed by atoms with van der Waals surface area (Å²) < 4.78 is 0. The standard InChI is InChI=1S/C10H8ClN3.ClH/c11-7-3-1-6-2-4-8(10(12)13)14-9(6)5-7;/h1-5H,(H3,12,13);1H. The fourth-order valence-electron chi connectivity index (χ4n) is 1.24. The quantitative estimate of drug-likeness (QED) is 0.596. The summed E-state index contributed by atoms with van der Waals surface area (Å²) in [7, 11) is 0. The van der Waals surface area contributed by atoms with E-state index >= 15 is 0 Å². The molecule has 15 heavy (non-hydrogen) atoms. The highest BCUT2D eigenvalue weighted by Crippen LogP contribution is 2.17. The molecule has 1 heterocycles. The lowest BCUT2D eigenvalue weighted by Gasteiger charge is -2.00. The normalized spacial score (nSPS) is 9.67. The molecule has 1 aromatic carbocycles. The van der Waals surface area contributed by atoms with Gasteiger partial charge in [-0.05, 0) is 18.2 Å². The van der Waals surface area contributed by atoms with Crippen LogP contribution in [0.2, 0.25) is 5.02 Å². The highest BCUT2D eigenvalue weighted by molar-refractivity contribution is 6.31. The lowest BCUT2D eigenvalue weighted by Crippen LogP contribution is -2.12. The molecule has 0 unspecified atom stereocenters. The topological polar surface area (TPSA) is 62.8 Å². The largest absolute Gasteiger partial charge is 0.382 e. The van der Waals surface area contributed by atoms with E-state index in [-0.39, 0.29) is 18.2 Å². The molecule has 1 aromatic heterocycles. The van der Waals surface area contributed by atoms with Crippen molar-refractivity contribution in [1.82, 2.24) is 4.98 Å². The van der Waals surface area contributed by atoms with Gasteiger partial charge in [-0.15, -0.1) is 12.4 Å². The predicted molar refractivity (Wildman–Crippen MR) is 65.0 cm³/mol. The molecule has 5 heteroatoms. The van der Waals surface area contributed by atoms with Crippen LogP contribution >= 0.6 is 24.0 Å². The lowest BCUT2D eigenvalue weighted by molar-refractivity contribution is 1.31. The third-order valence-corrected chi connectivity index (χ3v) is 2.17. The first kappa shape index (κ1) is 11.8. The molecule has 0 aliphatic carbocycles. The summed E-state index contributed by atoms with van der Waals surface area (Å²) in [6.07, 6.45) is 0. The Hall–Kier alpha value is -1.32. The van der Waals surface area contributed by atoms with Crippen molar-refractivity contribution in [2.75, 3.05) is 0 Å². The molecular formula is C10H9Cl2N3. The van der Waals surface area contributed by atoms with E-state index < -0.39 is 0 Å². The Balaban J connectivity index is 0.00000112. The zero-order chi connectivity index (χ0) is 10.1. The smallest absolute Gasteiger partial charge is 0.141 e. The molecule has 2 rings (SSSR count). The van der Waals surface area contributed by atoms with E-state index in [1.165, 1.54) is 0 Å². The van der Waals surface area contributed by atoms with Crippen molar-refractivity contribution in [2.45, 2.75) is 0 Å². The van der Waals surface area contributed by atoms with Crippen LogP contribution < -0.4 is 5.73 Å². The third-order valence-electron chi connectivity index (χ3n) is 1.93. The molecule has 0 atom stereocenters. The second-order valence-corrected chi connectivity index (χ2v) is 3.38. The van der Waals surface area contributed by atoms with Gasteiger partial charge in [0.15, 0.2) is 0 Å². The molecule has 3 N–H and O–H groups in total. The fourth-order valence-corrected chi connectivity index (χ4v) is 1.41. The molecule has 0 bridgehead atoms. The van der Waals surface area contributed by atoms with Crippen LogP contribution in [0, 0.1) is 5.41 Å². The van der Waals surface area contributed by atoms with Gasteiger partial charge in [-0.1, -0.05) is 23.7 Å². The Morgan fingerprint density at radius 1 is 1.27 bits per heavy atom. The molecule has 0 saturated carbocycles. The minimum atomic E-state index is -0.0353. The van der Waals surface area contributed by atoms with Crippen LogP contribution in [-0.2, 0) is 0 Å². The van der Waals surface area contributed by atoms with Gasteiger partial charge < -0.3 is 5.73 Å². The number of pyridine rings is 1. The van der Waals surface area contributed by atoms with Gasteiger partial charge in [0.25, 0.3) is 0 Å². The van der Waals surface area contributed by atoms with Gasteiger partial charge in [0.2, 0.25) is 0 Å². The molecule has 0 fully saturated rings. The summed E-state index contributed by atoms with van der Waals surface area (Å²) in [4.78, 5) is 4.20.